The summed E-state index contributed by atoms with van der Waals surface area (Å²) in [6, 6.07) is 18.3. The topological polar surface area (TPSA) is 143 Å². The average Bonchev–Trinajstić information content (AvgIpc) is 3.67. The Bertz CT molecular complexity index is 2110. The number of benzene rings is 3. The van der Waals surface area contributed by atoms with E-state index in [1.165, 1.54) is 17.4 Å². The number of thiazole rings is 1. The summed E-state index contributed by atoms with van der Waals surface area (Å²) in [5.74, 6) is 0.226. The first kappa shape index (κ1) is 30.0. The van der Waals surface area contributed by atoms with Crippen LogP contribution >= 0.6 is 22.9 Å². The molecule has 2 amide bonds. The molecule has 3 heterocycles. The monoisotopic (exact) mass is 644 g/mol. The molecule has 4 N–H and O–H groups in total. The number of ether oxygens (including phenoxy) is 1. The average molecular weight is 645 g/mol. The van der Waals surface area contributed by atoms with Gasteiger partial charge in [-0.25, -0.2) is 19.3 Å². The lowest BCUT2D eigenvalue weighted by Crippen LogP contribution is -2.21. The smallest absolute Gasteiger partial charge is 0.354 e. The number of phenolic OH excluding ortho intramolecular Hbond substituents is 1. The van der Waals surface area contributed by atoms with Gasteiger partial charge in [-0.1, -0.05) is 62.8 Å². The number of urea groups is 1. The van der Waals surface area contributed by atoms with Gasteiger partial charge in [-0.05, 0) is 48.9 Å². The molecule has 6 rings (SSSR count). The standard InChI is InChI=1S/C32H29ClN6O5S/c1-5-20-28(29(41)42)38-22-12-11-18(15-25(22)45-31(38)35-20)44-24-9-7-6-8-21(24)34-30(43)36-27-16-26(32(2,3)4)37-39(27)17-10-13-23(40)19(33)14-17/h6-16,40H,5H2,1-4H3,(H,41,42)(H2,34,36,43). The third kappa shape index (κ3) is 5.77. The van der Waals surface area contributed by atoms with E-state index in [4.69, 9.17) is 16.3 Å². The number of carboxylic acids is 1. The predicted molar refractivity (Wildman–Crippen MR) is 175 cm³/mol. The number of nitrogens with one attached hydrogen (secondary N) is 2. The Labute approximate surface area is 266 Å². The number of carbonyl (C=O) groups is 2. The molecule has 0 aliphatic rings. The Morgan fingerprint density at radius 3 is 2.53 bits per heavy atom. The Balaban J connectivity index is 1.26. The molecule has 3 aromatic carbocycles. The minimum absolute atomic E-state index is 0.0592. The van der Waals surface area contributed by atoms with E-state index in [9.17, 15) is 19.8 Å². The van der Waals surface area contributed by atoms with Crippen molar-refractivity contribution in [1.82, 2.24) is 19.2 Å². The number of phenols is 1. The lowest BCUT2D eigenvalue weighted by Gasteiger charge is -2.14. The number of hydrogen-bond donors (Lipinski definition) is 4. The molecule has 0 aliphatic heterocycles. The van der Waals surface area contributed by atoms with Crippen molar-refractivity contribution in [3.8, 4) is 22.9 Å². The van der Waals surface area contributed by atoms with Crippen molar-refractivity contribution in [2.75, 3.05) is 10.6 Å². The third-order valence-corrected chi connectivity index (χ3v) is 8.39. The Kier molecular flexibility index (Phi) is 7.63. The van der Waals surface area contributed by atoms with Gasteiger partial charge >= 0.3 is 12.0 Å². The van der Waals surface area contributed by atoms with Gasteiger partial charge in [0.25, 0.3) is 0 Å². The van der Waals surface area contributed by atoms with Crippen molar-refractivity contribution < 1.29 is 24.5 Å². The number of aromatic carboxylic acids is 1. The van der Waals surface area contributed by atoms with Crippen LogP contribution < -0.4 is 15.4 Å². The summed E-state index contributed by atoms with van der Waals surface area (Å²) in [6.07, 6.45) is 0.515. The van der Waals surface area contributed by atoms with Crippen LogP contribution in [0.5, 0.6) is 17.2 Å². The zero-order chi connectivity index (χ0) is 32.0. The van der Waals surface area contributed by atoms with Crippen molar-refractivity contribution in [2.45, 2.75) is 39.5 Å². The zero-order valence-corrected chi connectivity index (χ0v) is 26.3. The molecule has 45 heavy (non-hydrogen) atoms. The molecule has 3 aromatic heterocycles. The summed E-state index contributed by atoms with van der Waals surface area (Å²) in [7, 11) is 0. The second kappa shape index (κ2) is 11.5. The quantitative estimate of drug-likeness (QED) is 0.137. The normalized spacial score (nSPS) is 11.7. The first-order chi connectivity index (χ1) is 21.4. The fourth-order valence-corrected chi connectivity index (χ4v) is 6.09. The van der Waals surface area contributed by atoms with Gasteiger partial charge in [-0.15, -0.1) is 0 Å². The summed E-state index contributed by atoms with van der Waals surface area (Å²) in [5.41, 5.74) is 2.84. The highest BCUT2D eigenvalue weighted by atomic mass is 35.5. The highest BCUT2D eigenvalue weighted by Crippen LogP contribution is 2.36. The number of fused-ring (bicyclic) bond motifs is 3. The number of nitrogens with zero attached hydrogens (tertiary/aromatic N) is 4. The predicted octanol–water partition coefficient (Wildman–Crippen LogP) is 8.09. The molecule has 0 atom stereocenters. The number of carbonyl (C=O) groups excluding carboxylic acids is 1. The molecule has 0 unspecified atom stereocenters. The van der Waals surface area contributed by atoms with Crippen molar-refractivity contribution in [2.24, 2.45) is 0 Å². The number of aromatic nitrogens is 4. The van der Waals surface area contributed by atoms with E-state index in [0.29, 0.717) is 45.8 Å². The van der Waals surface area contributed by atoms with Crippen LogP contribution in [0.4, 0.5) is 16.3 Å². The summed E-state index contributed by atoms with van der Waals surface area (Å²) in [6.45, 7) is 7.92. The van der Waals surface area contributed by atoms with Gasteiger partial charge in [-0.3, -0.25) is 9.72 Å². The maximum Gasteiger partial charge on any atom is 0.354 e. The van der Waals surface area contributed by atoms with Crippen LogP contribution in [0, 0.1) is 0 Å². The number of imidazole rings is 1. The number of anilines is 2. The van der Waals surface area contributed by atoms with E-state index < -0.39 is 12.0 Å². The number of amides is 2. The molecule has 230 valence electrons. The maximum atomic E-state index is 13.3. The van der Waals surface area contributed by atoms with Gasteiger partial charge in [0.2, 0.25) is 0 Å². The number of para-hydroxylation sites is 2. The van der Waals surface area contributed by atoms with Crippen molar-refractivity contribution in [3.05, 3.63) is 88.8 Å². The van der Waals surface area contributed by atoms with E-state index in [1.54, 1.807) is 63.7 Å². The number of halogens is 1. The van der Waals surface area contributed by atoms with Gasteiger partial charge in [-0.2, -0.15) is 5.10 Å². The zero-order valence-electron chi connectivity index (χ0n) is 24.8. The van der Waals surface area contributed by atoms with Gasteiger partial charge in [0.1, 0.15) is 17.3 Å². The number of hydrogen-bond acceptors (Lipinski definition) is 7. The fourth-order valence-electron chi connectivity index (χ4n) is 4.84. The first-order valence-corrected chi connectivity index (χ1v) is 15.2. The fraction of sp³-hybridized carbons (Fsp3) is 0.188. The molecule has 0 bridgehead atoms. The van der Waals surface area contributed by atoms with Gasteiger partial charge in [0, 0.05) is 17.5 Å². The number of carboxylic acid groups (broad SMARTS) is 1. The molecular weight excluding hydrogens is 616 g/mol. The van der Waals surface area contributed by atoms with E-state index in [0.717, 1.165) is 15.9 Å². The molecule has 0 aliphatic carbocycles. The Morgan fingerprint density at radius 1 is 1.04 bits per heavy atom. The summed E-state index contributed by atoms with van der Waals surface area (Å²) >= 11 is 7.53. The van der Waals surface area contributed by atoms with Crippen LogP contribution in [0.3, 0.4) is 0 Å². The number of aryl methyl sites for hydroxylation is 1. The highest BCUT2D eigenvalue weighted by Gasteiger charge is 2.23. The lowest BCUT2D eigenvalue weighted by molar-refractivity contribution is 0.0688. The van der Waals surface area contributed by atoms with Crippen molar-refractivity contribution in [1.29, 1.82) is 0 Å². The van der Waals surface area contributed by atoms with Crippen LogP contribution in [0.1, 0.15) is 49.6 Å². The third-order valence-electron chi connectivity index (χ3n) is 7.09. The SMILES string of the molecule is CCc1nc2sc3cc(Oc4ccccc4NC(=O)Nc4cc(C(C)(C)C)nn4-c4ccc(O)c(Cl)c4)ccc3n2c1C(=O)O. The van der Waals surface area contributed by atoms with E-state index in [1.807, 2.05) is 33.8 Å². The summed E-state index contributed by atoms with van der Waals surface area (Å²) in [5, 5.41) is 30.2. The summed E-state index contributed by atoms with van der Waals surface area (Å²) < 4.78 is 10.2. The van der Waals surface area contributed by atoms with Crippen molar-refractivity contribution in [3.63, 3.8) is 0 Å². The lowest BCUT2D eigenvalue weighted by atomic mass is 9.92. The first-order valence-electron chi connectivity index (χ1n) is 14.0. The largest absolute Gasteiger partial charge is 0.506 e. The van der Waals surface area contributed by atoms with Crippen LogP contribution in [0.15, 0.2) is 66.7 Å². The van der Waals surface area contributed by atoms with Gasteiger partial charge in [0.05, 0.1) is 38.0 Å². The number of rotatable bonds is 7. The molecule has 6 aromatic rings. The van der Waals surface area contributed by atoms with Crippen molar-refractivity contribution >= 4 is 61.6 Å². The van der Waals surface area contributed by atoms with E-state index in [-0.39, 0.29) is 21.9 Å². The van der Waals surface area contributed by atoms with Crippen LogP contribution in [-0.2, 0) is 11.8 Å². The molecule has 0 saturated carbocycles. The molecule has 11 nitrogen and oxygen atoms in total. The molecular formula is C32H29ClN6O5S. The maximum absolute atomic E-state index is 13.3. The molecule has 0 saturated heterocycles. The van der Waals surface area contributed by atoms with Gasteiger partial charge < -0.3 is 20.3 Å². The Hall–Kier alpha value is -5.07. The van der Waals surface area contributed by atoms with Crippen LogP contribution in [0.2, 0.25) is 5.02 Å². The van der Waals surface area contributed by atoms with Crippen LogP contribution in [0.25, 0.3) is 20.9 Å². The highest BCUT2D eigenvalue weighted by molar-refractivity contribution is 7.23. The van der Waals surface area contributed by atoms with Gasteiger partial charge in [0.15, 0.2) is 16.4 Å². The minimum atomic E-state index is -1.03. The second-order valence-corrected chi connectivity index (χ2v) is 12.7. The van der Waals surface area contributed by atoms with Crippen LogP contribution in [-0.4, -0.2) is 41.4 Å². The number of aromatic hydroxyl groups is 1. The summed E-state index contributed by atoms with van der Waals surface area (Å²) in [4.78, 5) is 30.4. The molecule has 0 radical (unpaired) electrons. The van der Waals surface area contributed by atoms with E-state index >= 15 is 0 Å². The second-order valence-electron chi connectivity index (χ2n) is 11.3. The van der Waals surface area contributed by atoms with E-state index in [2.05, 4.69) is 20.7 Å². The Morgan fingerprint density at radius 2 is 1.82 bits per heavy atom. The molecule has 13 heteroatoms. The molecule has 0 spiro atoms. The minimum Gasteiger partial charge on any atom is -0.506 e. The molecule has 0 fully saturated rings.